The molecule has 5 rings (SSSR count). The van der Waals surface area contributed by atoms with Crippen LogP contribution in [0, 0.1) is 0 Å². The highest BCUT2D eigenvalue weighted by Gasteiger charge is 2.27. The molecule has 1 unspecified atom stereocenters. The average Bonchev–Trinajstić information content (AvgIpc) is 3.41. The molecule has 2 aliphatic carbocycles. The van der Waals surface area contributed by atoms with Gasteiger partial charge in [-0.3, -0.25) is 4.79 Å². The van der Waals surface area contributed by atoms with Gasteiger partial charge < -0.3 is 28.4 Å². The molecule has 0 amide bonds. The molecule has 1 fully saturated rings. The van der Waals surface area contributed by atoms with Crippen molar-refractivity contribution in [3.05, 3.63) is 102 Å². The topological polar surface area (TPSA) is 107 Å². The third kappa shape index (κ3) is 11.0. The largest absolute Gasteiger partial charge is 0.494 e. The van der Waals surface area contributed by atoms with Crippen molar-refractivity contribution < 1.29 is 42.8 Å². The molecule has 51 heavy (non-hydrogen) atoms. The van der Waals surface area contributed by atoms with E-state index in [0.29, 0.717) is 68.5 Å². The maximum atomic E-state index is 13.0. The quantitative estimate of drug-likeness (QED) is 0.0401. The summed E-state index contributed by atoms with van der Waals surface area (Å²) in [6.45, 7) is 11.5. The molecule has 0 bridgehead atoms. The minimum Gasteiger partial charge on any atom is -0.494 e. The zero-order valence-corrected chi connectivity index (χ0v) is 29.5. The zero-order chi connectivity index (χ0) is 36.0. The summed E-state index contributed by atoms with van der Waals surface area (Å²) in [7, 11) is 0. The highest BCUT2D eigenvalue weighted by molar-refractivity contribution is 5.91. The summed E-state index contributed by atoms with van der Waals surface area (Å²) in [6, 6.07) is 18.7. The van der Waals surface area contributed by atoms with E-state index < -0.39 is 11.9 Å². The van der Waals surface area contributed by atoms with E-state index in [-0.39, 0.29) is 24.4 Å². The summed E-state index contributed by atoms with van der Waals surface area (Å²) in [5.74, 6) is 0.925. The van der Waals surface area contributed by atoms with Crippen LogP contribution in [0.25, 0.3) is 11.1 Å². The molecular formula is C42H48O9. The molecule has 9 heteroatoms. The number of carbonyl (C=O) groups is 3. The van der Waals surface area contributed by atoms with Crippen LogP contribution < -0.4 is 14.2 Å². The molecule has 9 nitrogen and oxygen atoms in total. The van der Waals surface area contributed by atoms with Crippen LogP contribution in [0.5, 0.6) is 17.2 Å². The minimum atomic E-state index is -0.448. The van der Waals surface area contributed by atoms with Crippen LogP contribution in [0.4, 0.5) is 0 Å². The normalized spacial score (nSPS) is 14.9. The van der Waals surface area contributed by atoms with Crippen LogP contribution in [0.15, 0.2) is 85.5 Å². The third-order valence-corrected chi connectivity index (χ3v) is 9.04. The maximum Gasteiger partial charge on any atom is 0.343 e. The monoisotopic (exact) mass is 696 g/mol. The minimum absolute atomic E-state index is 0.0498. The lowest BCUT2D eigenvalue weighted by Crippen LogP contribution is -2.21. The predicted octanol–water partition coefficient (Wildman–Crippen LogP) is 8.53. The molecular weight excluding hydrogens is 648 g/mol. The van der Waals surface area contributed by atoms with Crippen molar-refractivity contribution in [3.63, 3.8) is 0 Å². The van der Waals surface area contributed by atoms with E-state index in [1.807, 2.05) is 24.3 Å². The maximum absolute atomic E-state index is 13.0. The van der Waals surface area contributed by atoms with E-state index in [4.69, 9.17) is 28.4 Å². The number of benzene rings is 3. The first kappa shape index (κ1) is 37.4. The first-order valence-corrected chi connectivity index (χ1v) is 17.9. The lowest BCUT2D eigenvalue weighted by Gasteiger charge is -2.22. The Kier molecular flexibility index (Phi) is 13.9. The van der Waals surface area contributed by atoms with Gasteiger partial charge in [-0.25, -0.2) is 9.59 Å². The van der Waals surface area contributed by atoms with Gasteiger partial charge in [0.1, 0.15) is 23.4 Å². The molecule has 3 aromatic rings. The molecule has 0 radical (unpaired) electrons. The summed E-state index contributed by atoms with van der Waals surface area (Å²) in [5, 5.41) is 0. The molecule has 0 aromatic heterocycles. The number of fused-ring (bicyclic) bond motifs is 3. The van der Waals surface area contributed by atoms with Gasteiger partial charge >= 0.3 is 17.9 Å². The molecule has 0 saturated heterocycles. The number of hydrogen-bond donors (Lipinski definition) is 0. The smallest absolute Gasteiger partial charge is 0.343 e. The molecule has 0 aliphatic heterocycles. The summed E-state index contributed by atoms with van der Waals surface area (Å²) >= 11 is 0. The van der Waals surface area contributed by atoms with Crippen molar-refractivity contribution in [2.24, 2.45) is 0 Å². The second-order valence-electron chi connectivity index (χ2n) is 13.0. The lowest BCUT2D eigenvalue weighted by atomic mass is 9.98. The Hall–Kier alpha value is -4.89. The van der Waals surface area contributed by atoms with Crippen molar-refractivity contribution in [2.75, 3.05) is 33.0 Å². The molecule has 0 N–H and O–H groups in total. The number of rotatable bonds is 19. The number of ether oxygens (including phenoxy) is 6. The number of hydrogen-bond acceptors (Lipinski definition) is 9. The second-order valence-corrected chi connectivity index (χ2v) is 13.0. The van der Waals surface area contributed by atoms with Gasteiger partial charge in [0, 0.05) is 18.4 Å². The fourth-order valence-corrected chi connectivity index (χ4v) is 6.32. The first-order valence-electron chi connectivity index (χ1n) is 17.9. The molecule has 1 atom stereocenters. The van der Waals surface area contributed by atoms with Crippen LogP contribution >= 0.6 is 0 Å². The Balaban J connectivity index is 1.00. The van der Waals surface area contributed by atoms with E-state index in [2.05, 4.69) is 32.2 Å². The number of esters is 3. The molecule has 0 heterocycles. The van der Waals surface area contributed by atoms with E-state index in [9.17, 15) is 14.4 Å². The fraction of sp³-hybridized carbons (Fsp3) is 0.405. The molecule has 0 spiro atoms. The summed E-state index contributed by atoms with van der Waals surface area (Å²) in [5.41, 5.74) is 5.62. The van der Waals surface area contributed by atoms with Gasteiger partial charge in [0.15, 0.2) is 0 Å². The summed E-state index contributed by atoms with van der Waals surface area (Å²) < 4.78 is 33.7. The fourth-order valence-electron chi connectivity index (χ4n) is 6.32. The van der Waals surface area contributed by atoms with E-state index in [1.54, 1.807) is 24.3 Å². The Morgan fingerprint density at radius 2 is 1.39 bits per heavy atom. The molecule has 2 aliphatic rings. The Morgan fingerprint density at radius 1 is 0.765 bits per heavy atom. The van der Waals surface area contributed by atoms with Crippen molar-refractivity contribution >= 4 is 17.9 Å². The Labute approximate surface area is 300 Å². The number of carbonyl (C=O) groups excluding carboxylic acids is 3. The van der Waals surface area contributed by atoms with Crippen molar-refractivity contribution in [1.82, 2.24) is 0 Å². The second kappa shape index (κ2) is 18.9. The van der Waals surface area contributed by atoms with Crippen molar-refractivity contribution in [1.29, 1.82) is 0 Å². The van der Waals surface area contributed by atoms with Crippen molar-refractivity contribution in [2.45, 2.75) is 76.7 Å². The zero-order valence-electron chi connectivity index (χ0n) is 29.5. The van der Waals surface area contributed by atoms with Crippen LogP contribution in [0.1, 0.15) is 92.1 Å². The van der Waals surface area contributed by atoms with Crippen molar-refractivity contribution in [3.8, 4) is 28.4 Å². The van der Waals surface area contributed by atoms with E-state index in [1.165, 1.54) is 6.42 Å². The van der Waals surface area contributed by atoms with Gasteiger partial charge in [-0.1, -0.05) is 38.6 Å². The standard InChI is InChI=1S/C42H48O9/c1-4-40(43)49-23-9-8-22-48-34-17-19-36-37-20-18-35(27-39(37)30(3)38(36)26-34)51-42(45)31-13-15-32(16-14-31)47-24-10-21-46-28-29(2)25-41(44)50-33-11-6-5-7-12-33/h4,13-20,26-27,30,33H,1-2,5-12,21-25,28H2,3H3. The highest BCUT2D eigenvalue weighted by atomic mass is 16.5. The van der Waals surface area contributed by atoms with Crippen LogP contribution in [-0.2, 0) is 23.8 Å². The van der Waals surface area contributed by atoms with Gasteiger partial charge in [0.25, 0.3) is 0 Å². The van der Waals surface area contributed by atoms with Crippen LogP contribution in [0.3, 0.4) is 0 Å². The summed E-state index contributed by atoms with van der Waals surface area (Å²) in [6.07, 6.45) is 8.89. The van der Waals surface area contributed by atoms with E-state index in [0.717, 1.165) is 66.2 Å². The highest BCUT2D eigenvalue weighted by Crippen LogP contribution is 2.47. The van der Waals surface area contributed by atoms with Crippen LogP contribution in [-0.4, -0.2) is 57.0 Å². The van der Waals surface area contributed by atoms with Gasteiger partial charge in [-0.15, -0.1) is 0 Å². The predicted molar refractivity (Wildman–Crippen MR) is 194 cm³/mol. The van der Waals surface area contributed by atoms with Gasteiger partial charge in [0.05, 0.1) is 45.0 Å². The average molecular weight is 697 g/mol. The van der Waals surface area contributed by atoms with Gasteiger partial charge in [-0.2, -0.15) is 0 Å². The lowest BCUT2D eigenvalue weighted by molar-refractivity contribution is -0.149. The van der Waals surface area contributed by atoms with Gasteiger partial charge in [0.2, 0.25) is 0 Å². The van der Waals surface area contributed by atoms with E-state index >= 15 is 0 Å². The SMILES string of the molecule is C=CC(=O)OCCCCOc1ccc2c(c1)C(C)c1cc(OC(=O)c3ccc(OCCCOCC(=C)CC(=O)OC4CCCCC4)cc3)ccc1-2. The molecule has 1 saturated carbocycles. The first-order chi connectivity index (χ1) is 24.8. The molecule has 3 aromatic carbocycles. The van der Waals surface area contributed by atoms with Crippen LogP contribution in [0.2, 0.25) is 0 Å². The number of unbranched alkanes of at least 4 members (excludes halogenated alkanes) is 1. The molecule has 270 valence electrons. The Bertz CT molecular complexity index is 1670. The summed E-state index contributed by atoms with van der Waals surface area (Å²) in [4.78, 5) is 36.3. The Morgan fingerprint density at radius 3 is 2.12 bits per heavy atom. The third-order valence-electron chi connectivity index (χ3n) is 9.04. The van der Waals surface area contributed by atoms with Gasteiger partial charge in [-0.05, 0) is 115 Å².